The number of ether oxygens (including phenoxy) is 1. The molecule has 20 heavy (non-hydrogen) atoms. The van der Waals surface area contributed by atoms with E-state index in [1.807, 2.05) is 42.5 Å². The molecule has 0 N–H and O–H groups in total. The van der Waals surface area contributed by atoms with Crippen LogP contribution in [0.1, 0.15) is 12.8 Å². The molecule has 2 aromatic rings. The molecule has 1 nitrogen and oxygen atoms in total. The van der Waals surface area contributed by atoms with Crippen molar-refractivity contribution in [2.75, 3.05) is 6.61 Å². The van der Waals surface area contributed by atoms with E-state index in [0.717, 1.165) is 11.1 Å². The summed E-state index contributed by atoms with van der Waals surface area (Å²) in [4.78, 5) is 0. The largest absolute Gasteiger partial charge is 0.494 e. The fourth-order valence-electron chi connectivity index (χ4n) is 1.84. The van der Waals surface area contributed by atoms with E-state index in [4.69, 9.17) is 4.74 Å². The maximum Gasteiger partial charge on any atom is 0.389 e. The van der Waals surface area contributed by atoms with Gasteiger partial charge in [0.05, 0.1) is 6.61 Å². The van der Waals surface area contributed by atoms with E-state index in [1.54, 1.807) is 12.1 Å². The van der Waals surface area contributed by atoms with Gasteiger partial charge < -0.3 is 4.74 Å². The highest BCUT2D eigenvalue weighted by molar-refractivity contribution is 5.63. The molecule has 4 heteroatoms. The van der Waals surface area contributed by atoms with Gasteiger partial charge in [-0.2, -0.15) is 13.2 Å². The quantitative estimate of drug-likeness (QED) is 0.694. The topological polar surface area (TPSA) is 9.23 Å². The molecule has 0 saturated heterocycles. The Hall–Kier alpha value is -1.97. The van der Waals surface area contributed by atoms with Crippen molar-refractivity contribution in [1.82, 2.24) is 0 Å². The third kappa shape index (κ3) is 4.61. The number of alkyl halides is 3. The van der Waals surface area contributed by atoms with Gasteiger partial charge in [0.25, 0.3) is 0 Å². The third-order valence-electron chi connectivity index (χ3n) is 2.83. The lowest BCUT2D eigenvalue weighted by Crippen LogP contribution is -2.09. The van der Waals surface area contributed by atoms with E-state index < -0.39 is 12.6 Å². The summed E-state index contributed by atoms with van der Waals surface area (Å²) in [5.74, 6) is 0.590. The van der Waals surface area contributed by atoms with Crippen molar-refractivity contribution in [2.24, 2.45) is 0 Å². The normalized spacial score (nSPS) is 11.3. The van der Waals surface area contributed by atoms with E-state index in [-0.39, 0.29) is 13.0 Å². The van der Waals surface area contributed by atoms with E-state index in [0.29, 0.717) is 5.75 Å². The highest BCUT2D eigenvalue weighted by Crippen LogP contribution is 2.23. The fourth-order valence-corrected chi connectivity index (χ4v) is 1.84. The first-order valence-electron chi connectivity index (χ1n) is 6.40. The second kappa shape index (κ2) is 6.46. The zero-order valence-corrected chi connectivity index (χ0v) is 10.9. The summed E-state index contributed by atoms with van der Waals surface area (Å²) in [5.41, 5.74) is 2.14. The van der Waals surface area contributed by atoms with Crippen molar-refractivity contribution in [3.8, 4) is 16.9 Å². The van der Waals surface area contributed by atoms with Gasteiger partial charge in [0.15, 0.2) is 0 Å². The molecule has 2 rings (SSSR count). The lowest BCUT2D eigenvalue weighted by atomic mass is 10.1. The predicted molar refractivity (Wildman–Crippen MR) is 72.7 cm³/mol. The first-order chi connectivity index (χ1) is 9.54. The molecular weight excluding hydrogens is 265 g/mol. The van der Waals surface area contributed by atoms with Crippen LogP contribution < -0.4 is 4.74 Å². The SMILES string of the molecule is FC(F)(F)CCCOc1ccc(-c2ccccc2)cc1. The van der Waals surface area contributed by atoms with Crippen molar-refractivity contribution >= 4 is 0 Å². The molecule has 0 saturated carbocycles. The van der Waals surface area contributed by atoms with Crippen molar-refractivity contribution in [3.05, 3.63) is 54.6 Å². The number of halogens is 3. The highest BCUT2D eigenvalue weighted by Gasteiger charge is 2.26. The minimum absolute atomic E-state index is 0.0239. The average Bonchev–Trinajstić information content (AvgIpc) is 2.44. The lowest BCUT2D eigenvalue weighted by Gasteiger charge is -2.09. The van der Waals surface area contributed by atoms with Crippen LogP contribution in [0.3, 0.4) is 0 Å². The van der Waals surface area contributed by atoms with Gasteiger partial charge in [0, 0.05) is 6.42 Å². The van der Waals surface area contributed by atoms with Gasteiger partial charge in [-0.15, -0.1) is 0 Å². The van der Waals surface area contributed by atoms with Crippen LogP contribution in [0.5, 0.6) is 5.75 Å². The van der Waals surface area contributed by atoms with E-state index in [1.165, 1.54) is 0 Å². The maximum atomic E-state index is 12.0. The first-order valence-corrected chi connectivity index (χ1v) is 6.40. The van der Waals surface area contributed by atoms with Gasteiger partial charge >= 0.3 is 6.18 Å². The Kier molecular flexibility index (Phi) is 4.66. The van der Waals surface area contributed by atoms with Crippen molar-refractivity contribution < 1.29 is 17.9 Å². The van der Waals surface area contributed by atoms with Crippen LogP contribution in [0.2, 0.25) is 0 Å². The molecule has 0 atom stereocenters. The maximum absolute atomic E-state index is 12.0. The van der Waals surface area contributed by atoms with Gasteiger partial charge in [-0.05, 0) is 29.7 Å². The third-order valence-corrected chi connectivity index (χ3v) is 2.83. The predicted octanol–water partition coefficient (Wildman–Crippen LogP) is 5.07. The molecule has 0 aromatic heterocycles. The Morgan fingerprint density at radius 3 is 2.00 bits per heavy atom. The van der Waals surface area contributed by atoms with Gasteiger partial charge in [0.2, 0.25) is 0 Å². The van der Waals surface area contributed by atoms with Gasteiger partial charge in [-0.25, -0.2) is 0 Å². The standard InChI is InChI=1S/C16H15F3O/c17-16(18,19)11-4-12-20-15-9-7-14(8-10-15)13-5-2-1-3-6-13/h1-3,5-10H,4,11-12H2. The fraction of sp³-hybridized carbons (Fsp3) is 0.250. The molecule has 0 aliphatic heterocycles. The summed E-state index contributed by atoms with van der Waals surface area (Å²) in [7, 11) is 0. The molecule has 0 fully saturated rings. The summed E-state index contributed by atoms with van der Waals surface area (Å²) in [6.07, 6.45) is -4.94. The van der Waals surface area contributed by atoms with Crippen LogP contribution in [0.25, 0.3) is 11.1 Å². The average molecular weight is 280 g/mol. The van der Waals surface area contributed by atoms with Crippen molar-refractivity contribution in [2.45, 2.75) is 19.0 Å². The van der Waals surface area contributed by atoms with Crippen LogP contribution in [0.15, 0.2) is 54.6 Å². The summed E-state index contributed by atoms with van der Waals surface area (Å²) < 4.78 is 41.2. The molecule has 106 valence electrons. The highest BCUT2D eigenvalue weighted by atomic mass is 19.4. The number of hydrogen-bond donors (Lipinski definition) is 0. The van der Waals surface area contributed by atoms with Crippen molar-refractivity contribution in [1.29, 1.82) is 0 Å². The molecule has 0 heterocycles. The van der Waals surface area contributed by atoms with Gasteiger partial charge in [-0.3, -0.25) is 0 Å². The number of rotatable bonds is 5. The van der Waals surface area contributed by atoms with E-state index in [9.17, 15) is 13.2 Å². The Labute approximate surface area is 116 Å². The van der Waals surface area contributed by atoms with Crippen molar-refractivity contribution in [3.63, 3.8) is 0 Å². The minimum atomic E-state index is -4.11. The smallest absolute Gasteiger partial charge is 0.389 e. The zero-order valence-electron chi connectivity index (χ0n) is 10.9. The Morgan fingerprint density at radius 1 is 0.800 bits per heavy atom. The number of hydrogen-bond acceptors (Lipinski definition) is 1. The zero-order chi connectivity index (χ0) is 14.4. The van der Waals surface area contributed by atoms with Crippen LogP contribution in [-0.4, -0.2) is 12.8 Å². The molecule has 0 bridgehead atoms. The molecule has 0 aliphatic carbocycles. The van der Waals surface area contributed by atoms with E-state index >= 15 is 0 Å². The van der Waals surface area contributed by atoms with Crippen LogP contribution >= 0.6 is 0 Å². The minimum Gasteiger partial charge on any atom is -0.494 e. The molecule has 0 amide bonds. The Bertz CT molecular complexity index is 518. The second-order valence-electron chi connectivity index (χ2n) is 4.46. The molecule has 0 radical (unpaired) electrons. The number of benzene rings is 2. The second-order valence-corrected chi connectivity index (χ2v) is 4.46. The van der Waals surface area contributed by atoms with Crippen LogP contribution in [0.4, 0.5) is 13.2 Å². The summed E-state index contributed by atoms with van der Waals surface area (Å²) in [5, 5.41) is 0. The molecule has 0 aliphatic rings. The molecular formula is C16H15F3O. The summed E-state index contributed by atoms with van der Waals surface area (Å²) >= 11 is 0. The van der Waals surface area contributed by atoms with Crippen LogP contribution in [0, 0.1) is 0 Å². The van der Waals surface area contributed by atoms with Gasteiger partial charge in [-0.1, -0.05) is 42.5 Å². The summed E-state index contributed by atoms with van der Waals surface area (Å²) in [6, 6.07) is 17.2. The van der Waals surface area contributed by atoms with E-state index in [2.05, 4.69) is 0 Å². The molecule has 2 aromatic carbocycles. The first kappa shape index (κ1) is 14.4. The molecule has 0 spiro atoms. The lowest BCUT2D eigenvalue weighted by molar-refractivity contribution is -0.136. The van der Waals surface area contributed by atoms with Crippen LogP contribution in [-0.2, 0) is 0 Å². The monoisotopic (exact) mass is 280 g/mol. The Balaban J connectivity index is 1.86. The molecule has 0 unspecified atom stereocenters. The Morgan fingerprint density at radius 2 is 1.40 bits per heavy atom. The summed E-state index contributed by atoms with van der Waals surface area (Å²) in [6.45, 7) is 0.0736. The van der Waals surface area contributed by atoms with Gasteiger partial charge in [0.1, 0.15) is 5.75 Å².